The Labute approximate surface area is 71.4 Å². The van der Waals surface area contributed by atoms with Crippen molar-refractivity contribution in [1.82, 2.24) is 10.3 Å². The van der Waals surface area contributed by atoms with Gasteiger partial charge in [0.25, 0.3) is 0 Å². The Kier molecular flexibility index (Phi) is 2.69. The van der Waals surface area contributed by atoms with Gasteiger partial charge in [-0.2, -0.15) is 13.2 Å². The SMILES string of the molecule is CNCc1cnc(C(F)(F)F)s1. The number of aromatic nitrogens is 1. The van der Waals surface area contributed by atoms with Crippen molar-refractivity contribution in [2.75, 3.05) is 7.05 Å². The largest absolute Gasteiger partial charge is 0.443 e. The lowest BCUT2D eigenvalue weighted by Crippen LogP contribution is -2.03. The molecule has 0 fully saturated rings. The van der Waals surface area contributed by atoms with E-state index in [9.17, 15) is 13.2 Å². The molecule has 0 aliphatic rings. The third kappa shape index (κ3) is 2.18. The molecule has 6 heteroatoms. The Bertz CT molecular complexity index is 256. The third-order valence-electron chi connectivity index (χ3n) is 1.15. The summed E-state index contributed by atoms with van der Waals surface area (Å²) in [5.74, 6) is 0. The van der Waals surface area contributed by atoms with Gasteiger partial charge in [-0.25, -0.2) is 4.98 Å². The first-order valence-electron chi connectivity index (χ1n) is 3.20. The van der Waals surface area contributed by atoms with Crippen molar-refractivity contribution in [1.29, 1.82) is 0 Å². The molecule has 1 aromatic heterocycles. The van der Waals surface area contributed by atoms with Gasteiger partial charge in [-0.3, -0.25) is 0 Å². The molecule has 0 spiro atoms. The molecule has 0 amide bonds. The summed E-state index contributed by atoms with van der Waals surface area (Å²) in [6.07, 6.45) is -3.07. The third-order valence-corrected chi connectivity index (χ3v) is 2.19. The molecule has 12 heavy (non-hydrogen) atoms. The molecule has 2 nitrogen and oxygen atoms in total. The number of hydrogen-bond donors (Lipinski definition) is 1. The molecule has 0 aliphatic heterocycles. The topological polar surface area (TPSA) is 24.9 Å². The average molecular weight is 196 g/mol. The van der Waals surface area contributed by atoms with Crippen molar-refractivity contribution in [3.05, 3.63) is 16.1 Å². The Morgan fingerprint density at radius 3 is 2.67 bits per heavy atom. The van der Waals surface area contributed by atoms with Gasteiger partial charge in [-0.05, 0) is 7.05 Å². The molecule has 68 valence electrons. The number of nitrogens with zero attached hydrogens (tertiary/aromatic N) is 1. The van der Waals surface area contributed by atoms with Crippen molar-refractivity contribution < 1.29 is 13.2 Å². The summed E-state index contributed by atoms with van der Waals surface area (Å²) in [5, 5.41) is 1.97. The second-order valence-corrected chi connectivity index (χ2v) is 3.28. The highest BCUT2D eigenvalue weighted by molar-refractivity contribution is 7.11. The number of alkyl halides is 3. The maximum atomic E-state index is 12.0. The van der Waals surface area contributed by atoms with Gasteiger partial charge < -0.3 is 5.32 Å². The van der Waals surface area contributed by atoms with Crippen LogP contribution in [0.15, 0.2) is 6.20 Å². The average Bonchev–Trinajstić information content (AvgIpc) is 2.35. The Morgan fingerprint density at radius 2 is 2.25 bits per heavy atom. The zero-order chi connectivity index (χ0) is 9.19. The Hall–Kier alpha value is -0.620. The monoisotopic (exact) mass is 196 g/mol. The van der Waals surface area contributed by atoms with E-state index in [1.54, 1.807) is 7.05 Å². The quantitative estimate of drug-likeness (QED) is 0.781. The van der Waals surface area contributed by atoms with Crippen LogP contribution in [0.3, 0.4) is 0 Å². The van der Waals surface area contributed by atoms with Gasteiger partial charge in [-0.15, -0.1) is 11.3 Å². The predicted molar refractivity (Wildman–Crippen MR) is 39.9 cm³/mol. The van der Waals surface area contributed by atoms with Crippen LogP contribution < -0.4 is 5.32 Å². The smallest absolute Gasteiger partial charge is 0.315 e. The molecule has 0 aromatic carbocycles. The molecule has 0 bridgehead atoms. The second-order valence-electron chi connectivity index (χ2n) is 2.16. The van der Waals surface area contributed by atoms with Gasteiger partial charge in [0.1, 0.15) is 0 Å². The first-order valence-corrected chi connectivity index (χ1v) is 4.02. The fraction of sp³-hybridized carbons (Fsp3) is 0.500. The zero-order valence-electron chi connectivity index (χ0n) is 6.27. The fourth-order valence-corrected chi connectivity index (χ4v) is 1.49. The standard InChI is InChI=1S/C6H7F3N2S/c1-10-2-4-3-11-5(12-4)6(7,8)9/h3,10H,2H2,1H3. The lowest BCUT2D eigenvalue weighted by Gasteiger charge is -1.98. The van der Waals surface area contributed by atoms with E-state index in [4.69, 9.17) is 0 Å². The van der Waals surface area contributed by atoms with E-state index >= 15 is 0 Å². The highest BCUT2D eigenvalue weighted by Gasteiger charge is 2.34. The van der Waals surface area contributed by atoms with Gasteiger partial charge in [0.05, 0.1) is 0 Å². The van der Waals surface area contributed by atoms with Crippen LogP contribution in [0.2, 0.25) is 0 Å². The molecule has 1 heterocycles. The van der Waals surface area contributed by atoms with Gasteiger partial charge >= 0.3 is 6.18 Å². The summed E-state index contributed by atoms with van der Waals surface area (Å²) in [4.78, 5) is 3.85. The van der Waals surface area contributed by atoms with Crippen molar-refractivity contribution in [3.8, 4) is 0 Å². The zero-order valence-corrected chi connectivity index (χ0v) is 7.09. The Balaban J connectivity index is 2.77. The van der Waals surface area contributed by atoms with Crippen molar-refractivity contribution >= 4 is 11.3 Å². The van der Waals surface area contributed by atoms with Crippen LogP contribution in [0.1, 0.15) is 9.88 Å². The van der Waals surface area contributed by atoms with Gasteiger partial charge in [-0.1, -0.05) is 0 Å². The highest BCUT2D eigenvalue weighted by Crippen LogP contribution is 2.32. The van der Waals surface area contributed by atoms with Crippen molar-refractivity contribution in [2.24, 2.45) is 0 Å². The number of hydrogen-bond acceptors (Lipinski definition) is 3. The molecule has 0 radical (unpaired) electrons. The van der Waals surface area contributed by atoms with Crippen LogP contribution in [0.4, 0.5) is 13.2 Å². The lowest BCUT2D eigenvalue weighted by atomic mass is 10.5. The molecule has 1 rings (SSSR count). The maximum absolute atomic E-state index is 12.0. The predicted octanol–water partition coefficient (Wildman–Crippen LogP) is 1.88. The van der Waals surface area contributed by atoms with Crippen LogP contribution >= 0.6 is 11.3 Å². The summed E-state index contributed by atoms with van der Waals surface area (Å²) in [6.45, 7) is 0.424. The minimum absolute atomic E-state index is 0.424. The van der Waals surface area contributed by atoms with Crippen LogP contribution in [0, 0.1) is 0 Å². The number of thiazole rings is 1. The maximum Gasteiger partial charge on any atom is 0.443 e. The van der Waals surface area contributed by atoms with Crippen molar-refractivity contribution in [2.45, 2.75) is 12.7 Å². The molecular weight excluding hydrogens is 189 g/mol. The van der Waals surface area contributed by atoms with E-state index in [1.165, 1.54) is 6.20 Å². The minimum Gasteiger partial charge on any atom is -0.315 e. The number of halogens is 3. The first kappa shape index (κ1) is 9.47. The minimum atomic E-state index is -4.31. The Morgan fingerprint density at radius 1 is 1.58 bits per heavy atom. The highest BCUT2D eigenvalue weighted by atomic mass is 32.1. The van der Waals surface area contributed by atoms with Crippen LogP contribution in [0.25, 0.3) is 0 Å². The molecule has 0 aliphatic carbocycles. The van der Waals surface area contributed by atoms with E-state index in [0.29, 0.717) is 22.8 Å². The fourth-order valence-electron chi connectivity index (χ4n) is 0.695. The molecule has 1 aromatic rings. The van der Waals surface area contributed by atoms with Gasteiger partial charge in [0, 0.05) is 17.6 Å². The molecule has 0 saturated carbocycles. The summed E-state index contributed by atoms with van der Waals surface area (Å²) >= 11 is 0.666. The van der Waals surface area contributed by atoms with E-state index in [0.717, 1.165) is 0 Å². The summed E-state index contributed by atoms with van der Waals surface area (Å²) in [6, 6.07) is 0. The number of rotatable bonds is 2. The van der Waals surface area contributed by atoms with E-state index in [-0.39, 0.29) is 0 Å². The van der Waals surface area contributed by atoms with E-state index < -0.39 is 11.2 Å². The lowest BCUT2D eigenvalue weighted by molar-refractivity contribution is -0.137. The summed E-state index contributed by atoms with van der Waals surface area (Å²) in [7, 11) is 1.67. The number of nitrogens with one attached hydrogen (secondary N) is 1. The molecule has 1 N–H and O–H groups in total. The van der Waals surface area contributed by atoms with Gasteiger partial charge in [0.15, 0.2) is 5.01 Å². The van der Waals surface area contributed by atoms with E-state index in [1.807, 2.05) is 0 Å². The molecule has 0 unspecified atom stereocenters. The van der Waals surface area contributed by atoms with Crippen LogP contribution in [-0.2, 0) is 12.7 Å². The second kappa shape index (κ2) is 3.40. The van der Waals surface area contributed by atoms with Gasteiger partial charge in [0.2, 0.25) is 0 Å². The normalized spacial score (nSPS) is 12.0. The summed E-state index contributed by atoms with van der Waals surface area (Å²) < 4.78 is 35.9. The summed E-state index contributed by atoms with van der Waals surface area (Å²) in [5.41, 5.74) is 0. The molecule has 0 atom stereocenters. The molecule has 0 saturated heterocycles. The van der Waals surface area contributed by atoms with Crippen LogP contribution in [-0.4, -0.2) is 12.0 Å². The van der Waals surface area contributed by atoms with Crippen LogP contribution in [0.5, 0.6) is 0 Å². The first-order chi connectivity index (χ1) is 5.54. The van der Waals surface area contributed by atoms with E-state index in [2.05, 4.69) is 10.3 Å². The van der Waals surface area contributed by atoms with Crippen molar-refractivity contribution in [3.63, 3.8) is 0 Å². The molecular formula is C6H7F3N2S.